The summed E-state index contributed by atoms with van der Waals surface area (Å²) in [6.45, 7) is 0.314. The second kappa shape index (κ2) is 5.41. The number of halogens is 3. The number of thioether (sulfide) groups is 1. The van der Waals surface area contributed by atoms with Gasteiger partial charge < -0.3 is 10.1 Å². The molecule has 0 aromatic carbocycles. The van der Waals surface area contributed by atoms with Crippen LogP contribution in [0.5, 0.6) is 0 Å². The number of nitrogens with one attached hydrogen (secondary N) is 1. The van der Waals surface area contributed by atoms with Crippen LogP contribution >= 0.6 is 11.8 Å². The minimum atomic E-state index is -4.21. The fourth-order valence-electron chi connectivity index (χ4n) is 1.24. The second-order valence-electron chi connectivity index (χ2n) is 3.73. The number of hydrogen-bond acceptors (Lipinski definition) is 3. The highest BCUT2D eigenvalue weighted by Gasteiger charge is 2.41. The van der Waals surface area contributed by atoms with E-state index in [4.69, 9.17) is 0 Å². The maximum absolute atomic E-state index is 11.7. The first kappa shape index (κ1) is 13.1. The van der Waals surface area contributed by atoms with Crippen LogP contribution in [0.2, 0.25) is 0 Å². The summed E-state index contributed by atoms with van der Waals surface area (Å²) in [5.41, 5.74) is 0. The van der Waals surface area contributed by atoms with Crippen LogP contribution < -0.4 is 5.32 Å². The zero-order valence-electron chi connectivity index (χ0n) is 8.69. The molecule has 6 heteroatoms. The third kappa shape index (κ3) is 5.63. The summed E-state index contributed by atoms with van der Waals surface area (Å²) in [6, 6.07) is 0. The van der Waals surface area contributed by atoms with Crippen molar-refractivity contribution in [1.29, 1.82) is 0 Å². The van der Waals surface area contributed by atoms with Gasteiger partial charge >= 0.3 is 6.18 Å². The molecule has 1 aliphatic rings. The van der Waals surface area contributed by atoms with Gasteiger partial charge in [0.25, 0.3) is 0 Å². The van der Waals surface area contributed by atoms with Crippen LogP contribution in [0.25, 0.3) is 0 Å². The van der Waals surface area contributed by atoms with Gasteiger partial charge in [-0.05, 0) is 19.1 Å². The quantitative estimate of drug-likeness (QED) is 0.691. The molecule has 1 fully saturated rings. The van der Waals surface area contributed by atoms with Gasteiger partial charge in [-0.25, -0.2) is 0 Å². The molecule has 2 nitrogen and oxygen atoms in total. The molecule has 0 heterocycles. The standard InChI is InChI=1S/C9H16F3NOS/c1-15-8(2-3-8)6-13-4-5-14-7-9(10,11)12/h13H,2-7H2,1H3. The third-order valence-corrected chi connectivity index (χ3v) is 3.80. The Labute approximate surface area is 91.9 Å². The maximum atomic E-state index is 11.7. The van der Waals surface area contributed by atoms with Crippen molar-refractivity contribution in [1.82, 2.24) is 5.32 Å². The molecule has 15 heavy (non-hydrogen) atoms. The molecule has 0 bridgehead atoms. The molecule has 0 atom stereocenters. The molecule has 1 aliphatic carbocycles. The summed E-state index contributed by atoms with van der Waals surface area (Å²) < 4.78 is 39.8. The summed E-state index contributed by atoms with van der Waals surface area (Å²) in [7, 11) is 0. The van der Waals surface area contributed by atoms with Crippen molar-refractivity contribution in [2.24, 2.45) is 0 Å². The summed E-state index contributed by atoms with van der Waals surface area (Å²) in [5, 5.41) is 3.11. The Hall–Kier alpha value is 0.0600. The smallest absolute Gasteiger partial charge is 0.371 e. The highest BCUT2D eigenvalue weighted by molar-refractivity contribution is 8.00. The van der Waals surface area contributed by atoms with Gasteiger partial charge in [0, 0.05) is 17.8 Å². The minimum absolute atomic E-state index is 0.115. The third-order valence-electron chi connectivity index (χ3n) is 2.38. The van der Waals surface area contributed by atoms with Gasteiger partial charge in [-0.3, -0.25) is 0 Å². The van der Waals surface area contributed by atoms with Gasteiger partial charge in [-0.1, -0.05) is 0 Å². The SMILES string of the molecule is CSC1(CNCCOCC(F)(F)F)CC1. The van der Waals surface area contributed by atoms with Crippen LogP contribution in [0.1, 0.15) is 12.8 Å². The topological polar surface area (TPSA) is 21.3 Å². The zero-order valence-corrected chi connectivity index (χ0v) is 9.51. The van der Waals surface area contributed by atoms with Crippen molar-refractivity contribution >= 4 is 11.8 Å². The van der Waals surface area contributed by atoms with E-state index < -0.39 is 12.8 Å². The lowest BCUT2D eigenvalue weighted by molar-refractivity contribution is -0.173. The Morgan fingerprint density at radius 2 is 2.07 bits per heavy atom. The summed E-state index contributed by atoms with van der Waals surface area (Å²) in [4.78, 5) is 0. The van der Waals surface area contributed by atoms with E-state index in [0.29, 0.717) is 11.3 Å². The van der Waals surface area contributed by atoms with Crippen molar-refractivity contribution in [2.45, 2.75) is 23.8 Å². The molecule has 0 unspecified atom stereocenters. The van der Waals surface area contributed by atoms with Crippen LogP contribution in [0.4, 0.5) is 13.2 Å². The van der Waals surface area contributed by atoms with Crippen LogP contribution in [-0.4, -0.2) is 43.5 Å². The molecule has 1 rings (SSSR count). The normalized spacial score (nSPS) is 19.2. The first-order chi connectivity index (χ1) is 6.97. The molecule has 0 amide bonds. The van der Waals surface area contributed by atoms with Crippen LogP contribution in [-0.2, 0) is 4.74 Å². The lowest BCUT2D eigenvalue weighted by Crippen LogP contribution is -2.30. The fourth-order valence-corrected chi connectivity index (χ4v) is 2.00. The lowest BCUT2D eigenvalue weighted by atomic mass is 10.4. The average molecular weight is 243 g/mol. The average Bonchev–Trinajstić information content (AvgIpc) is 2.90. The van der Waals surface area contributed by atoms with Crippen LogP contribution in [0.15, 0.2) is 0 Å². The monoisotopic (exact) mass is 243 g/mol. The van der Waals surface area contributed by atoms with E-state index in [0.717, 1.165) is 6.54 Å². The summed E-state index contributed by atoms with van der Waals surface area (Å²) in [6.07, 6.45) is 0.251. The van der Waals surface area contributed by atoms with Gasteiger partial charge in [0.1, 0.15) is 6.61 Å². The molecule has 0 aromatic rings. The number of alkyl halides is 3. The predicted octanol–water partition coefficient (Wildman–Crippen LogP) is 2.05. The van der Waals surface area contributed by atoms with Crippen molar-refractivity contribution in [2.75, 3.05) is 32.6 Å². The van der Waals surface area contributed by atoms with E-state index in [1.54, 1.807) is 0 Å². The van der Waals surface area contributed by atoms with Gasteiger partial charge in [0.05, 0.1) is 6.61 Å². The van der Waals surface area contributed by atoms with Crippen LogP contribution in [0.3, 0.4) is 0 Å². The number of ether oxygens (including phenoxy) is 1. The van der Waals surface area contributed by atoms with Gasteiger partial charge in [0.15, 0.2) is 0 Å². The molecule has 0 spiro atoms. The first-order valence-corrected chi connectivity index (χ1v) is 6.10. The zero-order chi connectivity index (χ0) is 11.4. The molecular weight excluding hydrogens is 227 g/mol. The molecule has 0 radical (unpaired) electrons. The molecule has 1 saturated carbocycles. The van der Waals surface area contributed by atoms with Crippen molar-refractivity contribution < 1.29 is 17.9 Å². The van der Waals surface area contributed by atoms with E-state index in [1.807, 2.05) is 11.8 Å². The molecule has 0 aromatic heterocycles. The lowest BCUT2D eigenvalue weighted by Gasteiger charge is -2.13. The highest BCUT2D eigenvalue weighted by Crippen LogP contribution is 2.46. The summed E-state index contributed by atoms with van der Waals surface area (Å²) in [5.74, 6) is 0. The van der Waals surface area contributed by atoms with E-state index >= 15 is 0 Å². The fraction of sp³-hybridized carbons (Fsp3) is 1.00. The Morgan fingerprint density at radius 3 is 2.53 bits per heavy atom. The van der Waals surface area contributed by atoms with Gasteiger partial charge in [-0.2, -0.15) is 24.9 Å². The van der Waals surface area contributed by atoms with Gasteiger partial charge in [-0.15, -0.1) is 0 Å². The maximum Gasteiger partial charge on any atom is 0.411 e. The van der Waals surface area contributed by atoms with Crippen LogP contribution in [0, 0.1) is 0 Å². The van der Waals surface area contributed by atoms with Gasteiger partial charge in [0.2, 0.25) is 0 Å². The predicted molar refractivity (Wildman–Crippen MR) is 55.2 cm³/mol. The van der Waals surface area contributed by atoms with Crippen molar-refractivity contribution in [3.8, 4) is 0 Å². The molecule has 1 N–H and O–H groups in total. The van der Waals surface area contributed by atoms with Crippen molar-refractivity contribution in [3.05, 3.63) is 0 Å². The summed E-state index contributed by atoms with van der Waals surface area (Å²) >= 11 is 1.82. The van der Waals surface area contributed by atoms with E-state index in [2.05, 4.69) is 16.3 Å². The second-order valence-corrected chi connectivity index (χ2v) is 5.01. The highest BCUT2D eigenvalue weighted by atomic mass is 32.2. The molecule has 0 aliphatic heterocycles. The van der Waals surface area contributed by atoms with E-state index in [1.165, 1.54) is 12.8 Å². The minimum Gasteiger partial charge on any atom is -0.371 e. The van der Waals surface area contributed by atoms with E-state index in [-0.39, 0.29) is 6.61 Å². The molecular formula is C9H16F3NOS. The van der Waals surface area contributed by atoms with E-state index in [9.17, 15) is 13.2 Å². The van der Waals surface area contributed by atoms with Crippen molar-refractivity contribution in [3.63, 3.8) is 0 Å². The first-order valence-electron chi connectivity index (χ1n) is 4.88. The number of hydrogen-bond donors (Lipinski definition) is 1. The molecule has 90 valence electrons. The molecule has 0 saturated heterocycles. The number of rotatable bonds is 7. The largest absolute Gasteiger partial charge is 0.411 e. The Morgan fingerprint density at radius 1 is 1.40 bits per heavy atom. The Balaban J connectivity index is 1.90. The Kier molecular flexibility index (Phi) is 4.73. The Bertz CT molecular complexity index is 194.